The first kappa shape index (κ1) is 23.8. The van der Waals surface area contributed by atoms with Crippen LogP contribution in [-0.4, -0.2) is 40.9 Å². The van der Waals surface area contributed by atoms with Gasteiger partial charge in [0.25, 0.3) is 0 Å². The third-order valence-corrected chi connectivity index (χ3v) is 6.07. The van der Waals surface area contributed by atoms with Crippen LogP contribution in [-0.2, 0) is 28.2 Å². The van der Waals surface area contributed by atoms with Crippen molar-refractivity contribution in [1.82, 2.24) is 10.6 Å². The van der Waals surface area contributed by atoms with E-state index in [0.29, 0.717) is 6.61 Å². The second kappa shape index (κ2) is 10.3. The van der Waals surface area contributed by atoms with Gasteiger partial charge in [-0.2, -0.15) is 4.99 Å². The van der Waals surface area contributed by atoms with Gasteiger partial charge in [0.1, 0.15) is 0 Å². The van der Waals surface area contributed by atoms with Crippen molar-refractivity contribution in [3.63, 3.8) is 0 Å². The number of fused-ring (bicyclic) bond motifs is 1. The van der Waals surface area contributed by atoms with Gasteiger partial charge in [0.05, 0.1) is 12.3 Å². The average Bonchev–Trinajstić information content (AvgIpc) is 2.84. The third-order valence-electron chi connectivity index (χ3n) is 6.07. The van der Waals surface area contributed by atoms with E-state index >= 15 is 0 Å². The van der Waals surface area contributed by atoms with Crippen LogP contribution in [0.25, 0.3) is 0 Å². The van der Waals surface area contributed by atoms with Crippen LogP contribution in [0.2, 0.25) is 0 Å². The zero-order valence-corrected chi connectivity index (χ0v) is 20.7. The van der Waals surface area contributed by atoms with Crippen molar-refractivity contribution in [2.45, 2.75) is 25.6 Å². The fourth-order valence-corrected chi connectivity index (χ4v) is 4.43. The van der Waals surface area contributed by atoms with Gasteiger partial charge in [0.15, 0.2) is 5.60 Å². The van der Waals surface area contributed by atoms with Gasteiger partial charge in [-0.1, -0.05) is 48.5 Å². The molecule has 1 aliphatic heterocycles. The Hall–Kier alpha value is -3.35. The topological polar surface area (TPSA) is 58.1 Å². The predicted molar refractivity (Wildman–Crippen MR) is 139 cm³/mol. The fraction of sp³-hybridized carbons (Fsp3) is 0.321. The summed E-state index contributed by atoms with van der Waals surface area (Å²) in [6.45, 7) is 3.98. The molecule has 6 nitrogen and oxygen atoms in total. The monoisotopic (exact) mass is 458 g/mol. The maximum absolute atomic E-state index is 6.70. The highest BCUT2D eigenvalue weighted by molar-refractivity contribution is 5.79. The summed E-state index contributed by atoms with van der Waals surface area (Å²) < 4.78 is 12.6. The van der Waals surface area contributed by atoms with E-state index in [4.69, 9.17) is 14.5 Å². The SMILES string of the molecule is CCOC1=Nc2cc(CNC)ccc2C(c2ccc(CNC)cc2)(c2ccc(N(C)C)cc2)O1. The van der Waals surface area contributed by atoms with E-state index < -0.39 is 5.60 Å². The number of aliphatic imine (C=N–C) groups is 1. The Morgan fingerprint density at radius 1 is 0.853 bits per heavy atom. The van der Waals surface area contributed by atoms with E-state index in [0.717, 1.165) is 46.7 Å². The summed E-state index contributed by atoms with van der Waals surface area (Å²) in [5.74, 6) is 0. The van der Waals surface area contributed by atoms with Crippen LogP contribution in [0.4, 0.5) is 11.4 Å². The smallest absolute Gasteiger partial charge is 0.390 e. The lowest BCUT2D eigenvalue weighted by atomic mass is 9.78. The number of anilines is 1. The molecule has 0 bridgehead atoms. The summed E-state index contributed by atoms with van der Waals surface area (Å²) in [5.41, 5.74) is 6.51. The van der Waals surface area contributed by atoms with Gasteiger partial charge in [0.2, 0.25) is 0 Å². The van der Waals surface area contributed by atoms with Crippen LogP contribution in [0, 0.1) is 0 Å². The van der Waals surface area contributed by atoms with Gasteiger partial charge in [0, 0.05) is 49.6 Å². The first-order valence-electron chi connectivity index (χ1n) is 11.7. The van der Waals surface area contributed by atoms with Crippen molar-refractivity contribution in [1.29, 1.82) is 0 Å². The van der Waals surface area contributed by atoms with Crippen LogP contribution in [0.3, 0.4) is 0 Å². The Morgan fingerprint density at radius 3 is 2.03 bits per heavy atom. The van der Waals surface area contributed by atoms with E-state index in [2.05, 4.69) is 82.3 Å². The summed E-state index contributed by atoms with van der Waals surface area (Å²) in [7, 11) is 7.98. The Balaban J connectivity index is 1.95. The van der Waals surface area contributed by atoms with Crippen molar-refractivity contribution in [3.8, 4) is 0 Å². The lowest BCUT2D eigenvalue weighted by Gasteiger charge is -2.39. The van der Waals surface area contributed by atoms with Gasteiger partial charge in [-0.05, 0) is 50.3 Å². The van der Waals surface area contributed by atoms with Gasteiger partial charge < -0.3 is 25.0 Å². The highest BCUT2D eigenvalue weighted by Crippen LogP contribution is 2.48. The standard InChI is InChI=1S/C28H34N4O2/c1-6-33-27-31-26-17-21(19-30-3)9-16-25(26)28(34-27,22-10-7-20(8-11-22)18-29-2)23-12-14-24(15-13-23)32(4)5/h7-17,29-30H,6,18-19H2,1-5H3. The van der Waals surface area contributed by atoms with Crippen LogP contribution in [0.15, 0.2) is 71.7 Å². The lowest BCUT2D eigenvalue weighted by Crippen LogP contribution is -2.38. The minimum atomic E-state index is -0.886. The number of rotatable bonds is 8. The molecule has 1 aliphatic rings. The molecule has 1 unspecified atom stereocenters. The Labute approximate surface area is 202 Å². The molecule has 0 aromatic heterocycles. The molecule has 0 fully saturated rings. The molecule has 178 valence electrons. The second-order valence-electron chi connectivity index (χ2n) is 8.64. The van der Waals surface area contributed by atoms with Crippen LogP contribution >= 0.6 is 0 Å². The molecule has 0 amide bonds. The summed E-state index contributed by atoms with van der Waals surface area (Å²) in [6.07, 6.45) is 0.285. The minimum absolute atomic E-state index is 0.285. The zero-order valence-electron chi connectivity index (χ0n) is 20.7. The summed E-state index contributed by atoms with van der Waals surface area (Å²) in [4.78, 5) is 6.84. The van der Waals surface area contributed by atoms with E-state index in [-0.39, 0.29) is 6.08 Å². The normalized spacial score (nSPS) is 16.9. The molecule has 0 spiro atoms. The van der Waals surface area contributed by atoms with Gasteiger partial charge in [-0.25, -0.2) is 0 Å². The molecule has 0 saturated carbocycles. The molecule has 1 heterocycles. The molecular formula is C28H34N4O2. The van der Waals surface area contributed by atoms with Gasteiger partial charge >= 0.3 is 6.08 Å². The van der Waals surface area contributed by atoms with Crippen molar-refractivity contribution >= 4 is 17.5 Å². The van der Waals surface area contributed by atoms with Crippen LogP contribution in [0.1, 0.15) is 34.7 Å². The zero-order chi connectivity index (χ0) is 24.1. The maximum atomic E-state index is 6.70. The molecule has 0 aliphatic carbocycles. The second-order valence-corrected chi connectivity index (χ2v) is 8.64. The summed E-state index contributed by atoms with van der Waals surface area (Å²) in [6, 6.07) is 23.5. The predicted octanol–water partition coefficient (Wildman–Crippen LogP) is 4.54. The van der Waals surface area contributed by atoms with Gasteiger partial charge in [-0.3, -0.25) is 0 Å². The first-order valence-corrected chi connectivity index (χ1v) is 11.7. The molecule has 2 N–H and O–H groups in total. The lowest BCUT2D eigenvalue weighted by molar-refractivity contribution is 0.0725. The average molecular weight is 459 g/mol. The number of nitrogens with one attached hydrogen (secondary N) is 2. The first-order chi connectivity index (χ1) is 16.5. The van der Waals surface area contributed by atoms with Gasteiger partial charge in [-0.15, -0.1) is 0 Å². The van der Waals surface area contributed by atoms with Crippen LogP contribution < -0.4 is 15.5 Å². The minimum Gasteiger partial charge on any atom is -0.451 e. The van der Waals surface area contributed by atoms with Crippen molar-refractivity contribution < 1.29 is 9.47 Å². The highest BCUT2D eigenvalue weighted by Gasteiger charge is 2.45. The molecule has 6 heteroatoms. The molecule has 3 aromatic carbocycles. The quantitative estimate of drug-likeness (QED) is 0.519. The number of ether oxygens (including phenoxy) is 2. The largest absolute Gasteiger partial charge is 0.451 e. The Bertz CT molecular complexity index is 1140. The summed E-state index contributed by atoms with van der Waals surface area (Å²) in [5, 5.41) is 6.44. The van der Waals surface area contributed by atoms with E-state index in [1.165, 1.54) is 5.56 Å². The Morgan fingerprint density at radius 2 is 1.44 bits per heavy atom. The molecule has 34 heavy (non-hydrogen) atoms. The molecule has 0 saturated heterocycles. The van der Waals surface area contributed by atoms with Crippen molar-refractivity contribution in [3.05, 3.63) is 94.5 Å². The van der Waals surface area contributed by atoms with E-state index in [1.54, 1.807) is 0 Å². The fourth-order valence-electron chi connectivity index (χ4n) is 4.43. The number of benzene rings is 3. The summed E-state index contributed by atoms with van der Waals surface area (Å²) >= 11 is 0. The molecule has 1 atom stereocenters. The number of nitrogens with zero attached hydrogens (tertiary/aromatic N) is 2. The van der Waals surface area contributed by atoms with Crippen LogP contribution in [0.5, 0.6) is 0 Å². The van der Waals surface area contributed by atoms with Crippen molar-refractivity contribution in [2.24, 2.45) is 4.99 Å². The highest BCUT2D eigenvalue weighted by atomic mass is 16.7. The number of hydrogen-bond acceptors (Lipinski definition) is 6. The van der Waals surface area contributed by atoms with E-state index in [1.807, 2.05) is 35.1 Å². The molecular weight excluding hydrogens is 424 g/mol. The Kier molecular flexibility index (Phi) is 7.20. The molecule has 0 radical (unpaired) electrons. The third kappa shape index (κ3) is 4.52. The molecule has 3 aromatic rings. The molecule has 4 rings (SSSR count). The maximum Gasteiger partial charge on any atom is 0.390 e. The van der Waals surface area contributed by atoms with E-state index in [9.17, 15) is 0 Å². The van der Waals surface area contributed by atoms with Crippen molar-refractivity contribution in [2.75, 3.05) is 39.7 Å². The number of hydrogen-bond donors (Lipinski definition) is 2.